The summed E-state index contributed by atoms with van der Waals surface area (Å²) in [6.07, 6.45) is 2.81. The zero-order valence-corrected chi connectivity index (χ0v) is 11.5. The Balaban J connectivity index is 1.89. The molecular weight excluding hydrogens is 242 g/mol. The minimum atomic E-state index is -0.970. The van der Waals surface area contributed by atoms with Crippen LogP contribution in [0.3, 0.4) is 0 Å². The van der Waals surface area contributed by atoms with Gasteiger partial charge in [-0.25, -0.2) is 9.78 Å². The largest absolute Gasteiger partial charge is 0.477 e. The van der Waals surface area contributed by atoms with Gasteiger partial charge in [-0.3, -0.25) is 0 Å². The molecule has 5 nitrogen and oxygen atoms in total. The number of rotatable bonds is 5. The molecule has 1 aliphatic rings. The first-order chi connectivity index (χ1) is 9.04. The Morgan fingerprint density at radius 3 is 3.05 bits per heavy atom. The van der Waals surface area contributed by atoms with Crippen LogP contribution in [-0.4, -0.2) is 59.6 Å². The first-order valence-electron chi connectivity index (χ1n) is 6.60. The van der Waals surface area contributed by atoms with Crippen molar-refractivity contribution in [3.8, 4) is 0 Å². The first-order valence-corrected chi connectivity index (χ1v) is 6.60. The Morgan fingerprint density at radius 1 is 1.63 bits per heavy atom. The monoisotopic (exact) mass is 263 g/mol. The van der Waals surface area contributed by atoms with E-state index in [1.165, 1.54) is 13.0 Å². The van der Waals surface area contributed by atoms with Gasteiger partial charge in [-0.2, -0.15) is 0 Å². The third kappa shape index (κ3) is 4.01. The summed E-state index contributed by atoms with van der Waals surface area (Å²) in [5.74, 6) is -0.252. The Hall–Kier alpha value is -1.46. The molecule has 2 rings (SSSR count). The van der Waals surface area contributed by atoms with Crippen LogP contribution < -0.4 is 0 Å². The number of carbonyl (C=O) groups is 1. The summed E-state index contributed by atoms with van der Waals surface area (Å²) >= 11 is 0. The highest BCUT2D eigenvalue weighted by Crippen LogP contribution is 2.16. The molecular formula is C14H21N3O2. The normalized spacial score (nSPS) is 20.1. The highest BCUT2D eigenvalue weighted by molar-refractivity contribution is 5.85. The van der Waals surface area contributed by atoms with Crippen molar-refractivity contribution in [3.05, 3.63) is 29.6 Å². The predicted molar refractivity (Wildman–Crippen MR) is 73.1 cm³/mol. The van der Waals surface area contributed by atoms with Crippen molar-refractivity contribution >= 4 is 5.97 Å². The van der Waals surface area contributed by atoms with Crippen LogP contribution in [0.1, 0.15) is 22.5 Å². The number of hydrogen-bond donors (Lipinski definition) is 1. The summed E-state index contributed by atoms with van der Waals surface area (Å²) < 4.78 is 0. The highest BCUT2D eigenvalue weighted by atomic mass is 16.4. The van der Waals surface area contributed by atoms with Gasteiger partial charge in [0.15, 0.2) is 0 Å². The van der Waals surface area contributed by atoms with Crippen molar-refractivity contribution < 1.29 is 9.90 Å². The zero-order valence-electron chi connectivity index (χ0n) is 11.5. The fourth-order valence-corrected chi connectivity index (χ4v) is 2.68. The lowest BCUT2D eigenvalue weighted by molar-refractivity contribution is 0.0690. The lowest BCUT2D eigenvalue weighted by Crippen LogP contribution is -2.27. The Morgan fingerprint density at radius 2 is 2.42 bits per heavy atom. The van der Waals surface area contributed by atoms with Crippen molar-refractivity contribution in [3.63, 3.8) is 0 Å². The molecule has 1 saturated heterocycles. The van der Waals surface area contributed by atoms with Crippen molar-refractivity contribution in [2.45, 2.75) is 13.0 Å². The van der Waals surface area contributed by atoms with E-state index >= 15 is 0 Å². The maximum atomic E-state index is 10.9. The van der Waals surface area contributed by atoms with E-state index < -0.39 is 5.97 Å². The molecule has 1 aromatic rings. The minimum absolute atomic E-state index is 0.117. The molecule has 1 unspecified atom stereocenters. The minimum Gasteiger partial charge on any atom is -0.477 e. The van der Waals surface area contributed by atoms with E-state index in [-0.39, 0.29) is 5.69 Å². The van der Waals surface area contributed by atoms with Crippen LogP contribution in [0.15, 0.2) is 18.3 Å². The van der Waals surface area contributed by atoms with Gasteiger partial charge in [0.2, 0.25) is 0 Å². The molecule has 5 heteroatoms. The number of nitrogens with zero attached hydrogens (tertiary/aromatic N) is 3. The second-order valence-corrected chi connectivity index (χ2v) is 5.47. The average Bonchev–Trinajstić information content (AvgIpc) is 2.74. The Kier molecular flexibility index (Phi) is 4.50. The summed E-state index contributed by atoms with van der Waals surface area (Å²) in [5, 5.41) is 8.92. The quantitative estimate of drug-likeness (QED) is 0.864. The molecule has 0 radical (unpaired) electrons. The second-order valence-electron chi connectivity index (χ2n) is 5.47. The van der Waals surface area contributed by atoms with E-state index in [9.17, 15) is 4.79 Å². The van der Waals surface area contributed by atoms with Crippen LogP contribution in [0.2, 0.25) is 0 Å². The van der Waals surface area contributed by atoms with Crippen LogP contribution in [0.25, 0.3) is 0 Å². The first kappa shape index (κ1) is 14.0. The molecule has 2 heterocycles. The Bertz CT molecular complexity index is 450. The lowest BCUT2D eigenvalue weighted by atomic mass is 10.1. The summed E-state index contributed by atoms with van der Waals surface area (Å²) in [4.78, 5) is 19.3. The lowest BCUT2D eigenvalue weighted by Gasteiger charge is -2.21. The van der Waals surface area contributed by atoms with E-state index in [4.69, 9.17) is 5.11 Å². The van der Waals surface area contributed by atoms with Gasteiger partial charge >= 0.3 is 5.97 Å². The molecule has 1 N–H and O–H groups in total. The smallest absolute Gasteiger partial charge is 0.354 e. The van der Waals surface area contributed by atoms with Crippen LogP contribution in [0, 0.1) is 5.92 Å². The molecule has 1 atom stereocenters. The van der Waals surface area contributed by atoms with Gasteiger partial charge in [0.1, 0.15) is 5.69 Å². The van der Waals surface area contributed by atoms with Gasteiger partial charge in [-0.15, -0.1) is 0 Å². The third-order valence-corrected chi connectivity index (χ3v) is 3.55. The van der Waals surface area contributed by atoms with Crippen LogP contribution in [0.5, 0.6) is 0 Å². The maximum absolute atomic E-state index is 10.9. The number of carboxylic acids is 1. The summed E-state index contributed by atoms with van der Waals surface area (Å²) in [7, 11) is 4.24. The number of likely N-dealkylation sites (tertiary alicyclic amines) is 1. The van der Waals surface area contributed by atoms with Crippen LogP contribution in [0.4, 0.5) is 0 Å². The van der Waals surface area contributed by atoms with Crippen molar-refractivity contribution in [1.29, 1.82) is 0 Å². The molecule has 0 aliphatic carbocycles. The number of pyridine rings is 1. The molecule has 0 spiro atoms. The number of aromatic nitrogens is 1. The zero-order chi connectivity index (χ0) is 13.8. The summed E-state index contributed by atoms with van der Waals surface area (Å²) in [6, 6.07) is 3.53. The maximum Gasteiger partial charge on any atom is 0.354 e. The van der Waals surface area contributed by atoms with Crippen molar-refractivity contribution in [2.24, 2.45) is 5.92 Å². The SMILES string of the molecule is CN1CCC(CN(C)Cc2ccnc(C(=O)O)c2)C1. The second kappa shape index (κ2) is 6.12. The summed E-state index contributed by atoms with van der Waals surface area (Å²) in [6.45, 7) is 4.15. The van der Waals surface area contributed by atoms with E-state index in [0.29, 0.717) is 0 Å². The van der Waals surface area contributed by atoms with Crippen molar-refractivity contribution in [1.82, 2.24) is 14.8 Å². The molecule has 1 aliphatic heterocycles. The van der Waals surface area contributed by atoms with Gasteiger partial charge < -0.3 is 14.9 Å². The van der Waals surface area contributed by atoms with Crippen molar-refractivity contribution in [2.75, 3.05) is 33.7 Å². The number of aromatic carboxylic acids is 1. The van der Waals surface area contributed by atoms with E-state index in [0.717, 1.165) is 31.1 Å². The molecule has 0 saturated carbocycles. The molecule has 1 fully saturated rings. The molecule has 1 aromatic heterocycles. The number of hydrogen-bond acceptors (Lipinski definition) is 4. The molecule has 19 heavy (non-hydrogen) atoms. The topological polar surface area (TPSA) is 56.7 Å². The molecule has 104 valence electrons. The standard InChI is InChI=1S/C14H21N3O2/c1-16-6-4-12(9-16)10-17(2)8-11-3-5-15-13(7-11)14(18)19/h3,5,7,12H,4,6,8-10H2,1-2H3,(H,18,19). The van der Waals surface area contributed by atoms with Gasteiger partial charge in [-0.1, -0.05) is 0 Å². The van der Waals surface area contributed by atoms with Crippen LogP contribution in [-0.2, 0) is 6.54 Å². The van der Waals surface area contributed by atoms with Gasteiger partial charge in [0.05, 0.1) is 0 Å². The Labute approximate surface area is 113 Å². The fourth-order valence-electron chi connectivity index (χ4n) is 2.68. The molecule has 0 bridgehead atoms. The number of carboxylic acid groups (broad SMARTS) is 1. The third-order valence-electron chi connectivity index (χ3n) is 3.55. The van der Waals surface area contributed by atoms with Gasteiger partial charge in [0.25, 0.3) is 0 Å². The molecule has 0 aromatic carbocycles. The van der Waals surface area contributed by atoms with E-state index in [1.54, 1.807) is 12.3 Å². The van der Waals surface area contributed by atoms with Gasteiger partial charge in [0, 0.05) is 25.8 Å². The molecule has 0 amide bonds. The highest BCUT2D eigenvalue weighted by Gasteiger charge is 2.20. The average molecular weight is 263 g/mol. The predicted octanol–water partition coefficient (Wildman–Crippen LogP) is 1.16. The fraction of sp³-hybridized carbons (Fsp3) is 0.571. The van der Waals surface area contributed by atoms with E-state index in [1.807, 2.05) is 6.07 Å². The summed E-state index contributed by atoms with van der Waals surface area (Å²) in [5.41, 5.74) is 1.12. The van der Waals surface area contributed by atoms with E-state index in [2.05, 4.69) is 28.9 Å². The van der Waals surface area contributed by atoms with Gasteiger partial charge in [-0.05, 0) is 50.7 Å². The van der Waals surface area contributed by atoms with Crippen LogP contribution >= 0.6 is 0 Å².